The van der Waals surface area contributed by atoms with Crippen molar-refractivity contribution in [1.82, 2.24) is 9.97 Å². The van der Waals surface area contributed by atoms with E-state index in [2.05, 4.69) is 15.3 Å². The molecule has 0 bridgehead atoms. The number of thioether (sulfide) groups is 1. The van der Waals surface area contributed by atoms with Crippen LogP contribution in [0.3, 0.4) is 0 Å². The van der Waals surface area contributed by atoms with Gasteiger partial charge in [-0.15, -0.1) is 0 Å². The third-order valence-corrected chi connectivity index (χ3v) is 5.05. The van der Waals surface area contributed by atoms with E-state index < -0.39 is 29.8 Å². The monoisotopic (exact) mass is 490 g/mol. The van der Waals surface area contributed by atoms with Crippen molar-refractivity contribution in [2.24, 2.45) is 0 Å². The highest BCUT2D eigenvalue weighted by Gasteiger charge is 2.30. The van der Waals surface area contributed by atoms with E-state index in [1.165, 1.54) is 49.2 Å². The van der Waals surface area contributed by atoms with Gasteiger partial charge in [0.25, 0.3) is 11.5 Å². The zero-order valence-electron chi connectivity index (χ0n) is 17.8. The molecule has 176 valence electrons. The minimum atomic E-state index is -4.53. The number of carbonyl (C=O) groups is 1. The number of alkyl halides is 3. The van der Waals surface area contributed by atoms with Gasteiger partial charge in [0, 0.05) is 11.3 Å². The van der Waals surface area contributed by atoms with Crippen molar-refractivity contribution >= 4 is 23.4 Å². The highest BCUT2D eigenvalue weighted by Crippen LogP contribution is 2.33. The van der Waals surface area contributed by atoms with E-state index in [9.17, 15) is 28.0 Å². The molecule has 0 aliphatic carbocycles. The molecule has 0 saturated heterocycles. The maximum Gasteiger partial charge on any atom is 0.416 e. The number of hydrogen-bond acceptors (Lipinski definition) is 7. The van der Waals surface area contributed by atoms with E-state index in [0.717, 1.165) is 12.1 Å². The van der Waals surface area contributed by atoms with Crippen LogP contribution in [0.1, 0.15) is 11.1 Å². The van der Waals surface area contributed by atoms with Gasteiger partial charge >= 0.3 is 6.18 Å². The second-order valence-corrected chi connectivity index (χ2v) is 7.49. The Morgan fingerprint density at radius 3 is 2.65 bits per heavy atom. The molecule has 3 rings (SSSR count). The average molecular weight is 490 g/mol. The molecule has 2 aromatic carbocycles. The van der Waals surface area contributed by atoms with Crippen LogP contribution < -0.4 is 20.3 Å². The number of methoxy groups -OCH3 is 1. The lowest BCUT2D eigenvalue weighted by Gasteiger charge is -2.13. The van der Waals surface area contributed by atoms with E-state index in [0.29, 0.717) is 10.7 Å². The van der Waals surface area contributed by atoms with Crippen LogP contribution >= 0.6 is 11.8 Å². The van der Waals surface area contributed by atoms with E-state index >= 15 is 0 Å². The highest BCUT2D eigenvalue weighted by atomic mass is 32.2. The van der Waals surface area contributed by atoms with E-state index in [-0.39, 0.29) is 28.4 Å². The summed E-state index contributed by atoms with van der Waals surface area (Å²) in [4.78, 5) is 31.1. The predicted octanol–water partition coefficient (Wildman–Crippen LogP) is 4.08. The summed E-state index contributed by atoms with van der Waals surface area (Å²) in [5.74, 6) is -0.321. The first-order valence-electron chi connectivity index (χ1n) is 9.53. The lowest BCUT2D eigenvalue weighted by molar-refractivity contribution is -0.137. The molecule has 2 N–H and O–H groups in total. The van der Waals surface area contributed by atoms with Gasteiger partial charge in [-0.05, 0) is 42.7 Å². The number of aromatic amines is 1. The summed E-state index contributed by atoms with van der Waals surface area (Å²) in [5.41, 5.74) is -1.10. The van der Waals surface area contributed by atoms with Gasteiger partial charge in [-0.25, -0.2) is 4.98 Å². The highest BCUT2D eigenvalue weighted by molar-refractivity contribution is 7.98. The molecule has 1 amide bonds. The summed E-state index contributed by atoms with van der Waals surface area (Å²) >= 11 is 1.20. The number of hydrogen-bond donors (Lipinski definition) is 2. The molecule has 0 unspecified atom stereocenters. The van der Waals surface area contributed by atoms with Gasteiger partial charge in [-0.2, -0.15) is 18.4 Å². The maximum absolute atomic E-state index is 12.8. The fourth-order valence-corrected chi connectivity index (χ4v) is 3.29. The topological polar surface area (TPSA) is 117 Å². The van der Waals surface area contributed by atoms with Gasteiger partial charge in [0.05, 0.1) is 18.4 Å². The summed E-state index contributed by atoms with van der Waals surface area (Å²) in [6.45, 7) is -0.505. The van der Waals surface area contributed by atoms with Crippen molar-refractivity contribution in [1.29, 1.82) is 5.26 Å². The maximum atomic E-state index is 12.8. The van der Waals surface area contributed by atoms with Gasteiger partial charge < -0.3 is 19.8 Å². The first-order valence-corrected chi connectivity index (χ1v) is 10.8. The van der Waals surface area contributed by atoms with Crippen molar-refractivity contribution in [3.05, 3.63) is 63.9 Å². The van der Waals surface area contributed by atoms with Gasteiger partial charge in [0.1, 0.15) is 11.6 Å². The fraction of sp³-hybridized carbons (Fsp3) is 0.182. The van der Waals surface area contributed by atoms with Gasteiger partial charge in [-0.3, -0.25) is 9.59 Å². The molecular formula is C22H17F3N4O4S. The van der Waals surface area contributed by atoms with E-state index in [1.54, 1.807) is 6.26 Å². The van der Waals surface area contributed by atoms with Gasteiger partial charge in [0.2, 0.25) is 0 Å². The number of halogens is 3. The molecule has 12 heteroatoms. The Morgan fingerprint density at radius 2 is 2.00 bits per heavy atom. The lowest BCUT2D eigenvalue weighted by Crippen LogP contribution is -2.20. The molecule has 34 heavy (non-hydrogen) atoms. The summed E-state index contributed by atoms with van der Waals surface area (Å²) in [5, 5.41) is 12.0. The molecule has 0 aliphatic rings. The minimum absolute atomic E-state index is 0.0280. The quantitative estimate of drug-likeness (QED) is 0.379. The van der Waals surface area contributed by atoms with Gasteiger partial charge in [0.15, 0.2) is 23.3 Å². The molecular weight excluding hydrogens is 473 g/mol. The number of nitrogens with one attached hydrogen (secondary N) is 2. The fourth-order valence-electron chi connectivity index (χ4n) is 2.91. The Labute approximate surface area is 195 Å². The predicted molar refractivity (Wildman–Crippen MR) is 119 cm³/mol. The molecule has 3 aromatic rings. The molecule has 0 radical (unpaired) electrons. The first kappa shape index (κ1) is 24.7. The summed E-state index contributed by atoms with van der Waals surface area (Å²) in [7, 11) is 1.36. The number of ether oxygens (including phenoxy) is 2. The van der Waals surface area contributed by atoms with Crippen LogP contribution in [0.2, 0.25) is 0 Å². The number of benzene rings is 2. The van der Waals surface area contributed by atoms with Crippen LogP contribution in [0.25, 0.3) is 11.3 Å². The number of amides is 1. The molecule has 8 nitrogen and oxygen atoms in total. The number of H-pyrrole nitrogens is 1. The molecule has 1 heterocycles. The van der Waals surface area contributed by atoms with Gasteiger partial charge in [-0.1, -0.05) is 17.8 Å². The van der Waals surface area contributed by atoms with E-state index in [4.69, 9.17) is 9.47 Å². The standard InChI is InChI=1S/C22H17F3N4O4S/c1-32-17-8-12(19-15(10-26)20(31)29-21(28-19)34-2)6-7-16(17)33-11-18(30)27-14-5-3-4-13(9-14)22(23,24)25/h3-9H,11H2,1-2H3,(H,27,30)(H,28,29,31). The van der Waals surface area contributed by atoms with Crippen LogP contribution in [0.5, 0.6) is 11.5 Å². The molecule has 0 aliphatic heterocycles. The molecule has 1 aromatic heterocycles. The Kier molecular flexibility index (Phi) is 7.47. The first-order chi connectivity index (χ1) is 16.2. The number of nitrogens with zero attached hydrogens (tertiary/aromatic N) is 2. The third kappa shape index (κ3) is 5.68. The van der Waals surface area contributed by atoms with Crippen molar-refractivity contribution in [2.75, 3.05) is 25.3 Å². The number of carbonyl (C=O) groups excluding carboxylic acids is 1. The summed E-state index contributed by atoms with van der Waals surface area (Å²) < 4.78 is 49.2. The Morgan fingerprint density at radius 1 is 1.24 bits per heavy atom. The summed E-state index contributed by atoms with van der Waals surface area (Å²) in [6, 6.07) is 10.5. The SMILES string of the molecule is COc1cc(-c2nc(SC)[nH]c(=O)c2C#N)ccc1OCC(=O)Nc1cccc(C(F)(F)F)c1. The van der Waals surface area contributed by atoms with Crippen molar-refractivity contribution in [3.63, 3.8) is 0 Å². The van der Waals surface area contributed by atoms with Crippen LogP contribution in [-0.2, 0) is 11.0 Å². The average Bonchev–Trinajstić information content (AvgIpc) is 2.81. The Bertz CT molecular complexity index is 1320. The molecule has 0 fully saturated rings. The van der Waals surface area contributed by atoms with Crippen LogP contribution in [-0.4, -0.2) is 35.8 Å². The zero-order valence-corrected chi connectivity index (χ0v) is 18.6. The van der Waals surface area contributed by atoms with E-state index in [1.807, 2.05) is 6.07 Å². The second-order valence-electron chi connectivity index (χ2n) is 6.69. The lowest BCUT2D eigenvalue weighted by atomic mass is 10.1. The smallest absolute Gasteiger partial charge is 0.416 e. The second kappa shape index (κ2) is 10.3. The Balaban J connectivity index is 1.78. The van der Waals surface area contributed by atoms with Crippen molar-refractivity contribution in [3.8, 4) is 28.8 Å². The number of nitriles is 1. The molecule has 0 saturated carbocycles. The molecule has 0 spiro atoms. The number of rotatable bonds is 7. The minimum Gasteiger partial charge on any atom is -0.493 e. The molecule has 0 atom stereocenters. The zero-order chi connectivity index (χ0) is 24.9. The van der Waals surface area contributed by atoms with Crippen molar-refractivity contribution < 1.29 is 27.4 Å². The summed E-state index contributed by atoms with van der Waals surface area (Å²) in [6.07, 6.45) is -2.82. The van der Waals surface area contributed by atoms with Crippen LogP contribution in [0, 0.1) is 11.3 Å². The normalized spacial score (nSPS) is 10.9. The van der Waals surface area contributed by atoms with Crippen LogP contribution in [0.15, 0.2) is 52.4 Å². The van der Waals surface area contributed by atoms with Crippen molar-refractivity contribution in [2.45, 2.75) is 11.3 Å². The van der Waals surface area contributed by atoms with Crippen LogP contribution in [0.4, 0.5) is 18.9 Å². The Hall–Kier alpha value is -3.98. The third-order valence-electron chi connectivity index (χ3n) is 4.47. The largest absolute Gasteiger partial charge is 0.493 e. The number of anilines is 1. The number of aromatic nitrogens is 2.